The van der Waals surface area contributed by atoms with Gasteiger partial charge in [-0.25, -0.2) is 0 Å². The molecule has 1 unspecified atom stereocenters. The highest BCUT2D eigenvalue weighted by molar-refractivity contribution is 4.62. The monoisotopic (exact) mass is 243 g/mol. The van der Waals surface area contributed by atoms with E-state index in [2.05, 4.69) is 19.2 Å². The van der Waals surface area contributed by atoms with Crippen molar-refractivity contribution in [3.63, 3.8) is 0 Å². The Morgan fingerprint density at radius 3 is 2.88 bits per heavy atom. The Kier molecular flexibility index (Phi) is 8.67. The van der Waals surface area contributed by atoms with Gasteiger partial charge in [-0.05, 0) is 44.6 Å². The summed E-state index contributed by atoms with van der Waals surface area (Å²) >= 11 is 0. The number of rotatable bonds is 9. The van der Waals surface area contributed by atoms with Gasteiger partial charge in [0, 0.05) is 13.2 Å². The molecule has 1 heterocycles. The fraction of sp³-hybridized carbons (Fsp3) is 1.00. The number of nitrogens with one attached hydrogen (secondary N) is 1. The van der Waals surface area contributed by atoms with Gasteiger partial charge in [0.2, 0.25) is 0 Å². The third kappa shape index (κ3) is 8.58. The van der Waals surface area contributed by atoms with E-state index in [-0.39, 0.29) is 0 Å². The van der Waals surface area contributed by atoms with Crippen LogP contribution in [0.2, 0.25) is 0 Å². The van der Waals surface area contributed by atoms with Gasteiger partial charge in [0.1, 0.15) is 0 Å². The molecule has 3 nitrogen and oxygen atoms in total. The molecule has 0 aliphatic carbocycles. The van der Waals surface area contributed by atoms with E-state index in [9.17, 15) is 0 Å². The summed E-state index contributed by atoms with van der Waals surface area (Å²) in [5.41, 5.74) is 0. The summed E-state index contributed by atoms with van der Waals surface area (Å²) in [6.45, 7) is 9.11. The largest absolute Gasteiger partial charge is 0.377 e. The molecule has 0 aromatic carbocycles. The lowest BCUT2D eigenvalue weighted by atomic mass is 10.1. The van der Waals surface area contributed by atoms with Crippen LogP contribution in [0.3, 0.4) is 0 Å². The van der Waals surface area contributed by atoms with Crippen LogP contribution in [0, 0.1) is 5.92 Å². The van der Waals surface area contributed by atoms with Crippen LogP contribution in [-0.2, 0) is 9.47 Å². The first-order valence-corrected chi connectivity index (χ1v) is 7.19. The Labute approximate surface area is 106 Å². The molecule has 0 aromatic heterocycles. The summed E-state index contributed by atoms with van der Waals surface area (Å²) in [5.74, 6) is 0.816. The molecule has 0 bridgehead atoms. The van der Waals surface area contributed by atoms with E-state index in [1.807, 2.05) is 0 Å². The van der Waals surface area contributed by atoms with Crippen molar-refractivity contribution in [3.05, 3.63) is 0 Å². The second-order valence-electron chi connectivity index (χ2n) is 5.35. The maximum Gasteiger partial charge on any atom is 0.0808 e. The predicted octanol–water partition coefficient (Wildman–Crippen LogP) is 2.60. The molecule has 0 aromatic rings. The zero-order chi connectivity index (χ0) is 12.3. The molecule has 0 radical (unpaired) electrons. The molecule has 1 N–H and O–H groups in total. The van der Waals surface area contributed by atoms with Crippen molar-refractivity contribution in [2.75, 3.05) is 32.9 Å². The van der Waals surface area contributed by atoms with Crippen LogP contribution in [0.1, 0.15) is 46.0 Å². The summed E-state index contributed by atoms with van der Waals surface area (Å²) in [6.07, 6.45) is 6.61. The first-order valence-electron chi connectivity index (χ1n) is 7.19. The second-order valence-corrected chi connectivity index (χ2v) is 5.35. The van der Waals surface area contributed by atoms with Crippen LogP contribution >= 0.6 is 0 Å². The average Bonchev–Trinajstić information content (AvgIpc) is 2.33. The minimum atomic E-state index is 0.352. The molecule has 0 spiro atoms. The summed E-state index contributed by atoms with van der Waals surface area (Å²) in [4.78, 5) is 0. The molecule has 1 atom stereocenters. The summed E-state index contributed by atoms with van der Waals surface area (Å²) in [7, 11) is 0. The lowest BCUT2D eigenvalue weighted by Gasteiger charge is -2.22. The minimum absolute atomic E-state index is 0.352. The zero-order valence-electron chi connectivity index (χ0n) is 11.5. The van der Waals surface area contributed by atoms with Crippen molar-refractivity contribution in [1.82, 2.24) is 5.32 Å². The average molecular weight is 243 g/mol. The van der Waals surface area contributed by atoms with Crippen molar-refractivity contribution < 1.29 is 9.47 Å². The third-order valence-electron chi connectivity index (χ3n) is 3.14. The highest BCUT2D eigenvalue weighted by atomic mass is 16.5. The fourth-order valence-corrected chi connectivity index (χ4v) is 2.06. The van der Waals surface area contributed by atoms with Gasteiger partial charge < -0.3 is 14.8 Å². The SMILES string of the molecule is CC(C)CCCNCCOCC1CCCCO1. The van der Waals surface area contributed by atoms with E-state index < -0.39 is 0 Å². The highest BCUT2D eigenvalue weighted by Gasteiger charge is 2.13. The number of ether oxygens (including phenoxy) is 2. The van der Waals surface area contributed by atoms with Crippen molar-refractivity contribution in [2.24, 2.45) is 5.92 Å². The molecule has 1 saturated heterocycles. The van der Waals surface area contributed by atoms with Gasteiger partial charge in [0.15, 0.2) is 0 Å². The van der Waals surface area contributed by atoms with E-state index in [1.165, 1.54) is 32.1 Å². The van der Waals surface area contributed by atoms with Crippen LogP contribution in [0.5, 0.6) is 0 Å². The molecular formula is C14H29NO2. The predicted molar refractivity (Wildman–Crippen MR) is 71.4 cm³/mol. The van der Waals surface area contributed by atoms with Crippen molar-refractivity contribution in [2.45, 2.75) is 52.1 Å². The van der Waals surface area contributed by atoms with Gasteiger partial charge in [0.25, 0.3) is 0 Å². The number of hydrogen-bond acceptors (Lipinski definition) is 3. The first kappa shape index (κ1) is 14.9. The Balaban J connectivity index is 1.78. The van der Waals surface area contributed by atoms with E-state index in [4.69, 9.17) is 9.47 Å². The van der Waals surface area contributed by atoms with Gasteiger partial charge in [-0.15, -0.1) is 0 Å². The first-order chi connectivity index (χ1) is 8.29. The van der Waals surface area contributed by atoms with Crippen LogP contribution in [0.4, 0.5) is 0 Å². The van der Waals surface area contributed by atoms with Crippen molar-refractivity contribution >= 4 is 0 Å². The second kappa shape index (κ2) is 9.86. The van der Waals surface area contributed by atoms with E-state index in [0.29, 0.717) is 6.10 Å². The molecule has 102 valence electrons. The lowest BCUT2D eigenvalue weighted by molar-refractivity contribution is -0.0398. The van der Waals surface area contributed by atoms with E-state index in [0.717, 1.165) is 38.8 Å². The highest BCUT2D eigenvalue weighted by Crippen LogP contribution is 2.12. The Hall–Kier alpha value is -0.120. The standard InChI is InChI=1S/C14H29NO2/c1-13(2)6-5-8-15-9-11-16-12-14-7-3-4-10-17-14/h13-15H,3-12H2,1-2H3. The summed E-state index contributed by atoms with van der Waals surface area (Å²) in [6, 6.07) is 0. The Morgan fingerprint density at radius 2 is 2.18 bits per heavy atom. The summed E-state index contributed by atoms with van der Waals surface area (Å²) < 4.78 is 11.2. The Morgan fingerprint density at radius 1 is 1.29 bits per heavy atom. The fourth-order valence-electron chi connectivity index (χ4n) is 2.06. The molecule has 1 fully saturated rings. The van der Waals surface area contributed by atoms with Gasteiger partial charge >= 0.3 is 0 Å². The maximum absolute atomic E-state index is 5.61. The van der Waals surface area contributed by atoms with Gasteiger partial charge in [-0.3, -0.25) is 0 Å². The lowest BCUT2D eigenvalue weighted by Crippen LogP contribution is -2.27. The van der Waals surface area contributed by atoms with Crippen molar-refractivity contribution in [1.29, 1.82) is 0 Å². The minimum Gasteiger partial charge on any atom is -0.377 e. The molecule has 17 heavy (non-hydrogen) atoms. The smallest absolute Gasteiger partial charge is 0.0808 e. The van der Waals surface area contributed by atoms with E-state index in [1.54, 1.807) is 0 Å². The number of hydrogen-bond donors (Lipinski definition) is 1. The van der Waals surface area contributed by atoms with Crippen LogP contribution in [0.15, 0.2) is 0 Å². The van der Waals surface area contributed by atoms with E-state index >= 15 is 0 Å². The van der Waals surface area contributed by atoms with Crippen LogP contribution in [-0.4, -0.2) is 39.0 Å². The quantitative estimate of drug-likeness (QED) is 0.631. The Bertz CT molecular complexity index is 168. The molecule has 1 aliphatic rings. The third-order valence-corrected chi connectivity index (χ3v) is 3.14. The normalized spacial score (nSPS) is 21.0. The van der Waals surface area contributed by atoms with Gasteiger partial charge in [-0.2, -0.15) is 0 Å². The van der Waals surface area contributed by atoms with Gasteiger partial charge in [-0.1, -0.05) is 13.8 Å². The van der Waals surface area contributed by atoms with Crippen LogP contribution in [0.25, 0.3) is 0 Å². The maximum atomic E-state index is 5.61. The van der Waals surface area contributed by atoms with Crippen LogP contribution < -0.4 is 5.32 Å². The molecule has 1 rings (SSSR count). The molecular weight excluding hydrogens is 214 g/mol. The molecule has 1 aliphatic heterocycles. The van der Waals surface area contributed by atoms with Gasteiger partial charge in [0.05, 0.1) is 19.3 Å². The zero-order valence-corrected chi connectivity index (χ0v) is 11.5. The molecule has 0 saturated carbocycles. The topological polar surface area (TPSA) is 30.5 Å². The molecule has 0 amide bonds. The van der Waals surface area contributed by atoms with Crippen molar-refractivity contribution in [3.8, 4) is 0 Å². The summed E-state index contributed by atoms with van der Waals surface area (Å²) in [5, 5.41) is 3.41. The molecule has 3 heteroatoms.